The van der Waals surface area contributed by atoms with Gasteiger partial charge in [0, 0.05) is 12.7 Å². The first kappa shape index (κ1) is 15.9. The van der Waals surface area contributed by atoms with Crippen molar-refractivity contribution in [2.24, 2.45) is 0 Å². The van der Waals surface area contributed by atoms with Gasteiger partial charge in [0.05, 0.1) is 17.3 Å². The molecule has 3 heterocycles. The van der Waals surface area contributed by atoms with Crippen molar-refractivity contribution in [3.63, 3.8) is 0 Å². The number of pyridine rings is 1. The van der Waals surface area contributed by atoms with Gasteiger partial charge < -0.3 is 19.8 Å². The van der Waals surface area contributed by atoms with E-state index in [0.717, 1.165) is 5.56 Å². The number of furan rings is 1. The van der Waals surface area contributed by atoms with Crippen LogP contribution in [0.15, 0.2) is 59.3 Å². The van der Waals surface area contributed by atoms with Crippen molar-refractivity contribution in [3.8, 4) is 17.3 Å². The Morgan fingerprint density at radius 2 is 2.08 bits per heavy atom. The summed E-state index contributed by atoms with van der Waals surface area (Å²) < 4.78 is 5.33. The van der Waals surface area contributed by atoms with E-state index in [-0.39, 0.29) is 11.7 Å². The molecule has 0 aliphatic rings. The van der Waals surface area contributed by atoms with Gasteiger partial charge in [-0.25, -0.2) is 9.97 Å². The molecule has 1 amide bonds. The summed E-state index contributed by atoms with van der Waals surface area (Å²) in [4.78, 5) is 24.2. The van der Waals surface area contributed by atoms with Crippen LogP contribution < -0.4 is 5.32 Å². The second kappa shape index (κ2) is 6.72. The number of nitrogens with one attached hydrogen (secondary N) is 2. The van der Waals surface area contributed by atoms with Gasteiger partial charge >= 0.3 is 0 Å². The number of hydrogen-bond donors (Lipinski definition) is 3. The SMILES string of the molecule is O=C(NCCc1ccccc1O)c1ccnc2nc(-c3ccco3)[nH]c12. The molecule has 0 aliphatic carbocycles. The van der Waals surface area contributed by atoms with Crippen LogP contribution in [-0.2, 0) is 6.42 Å². The number of para-hydroxylation sites is 1. The van der Waals surface area contributed by atoms with Gasteiger partial charge in [-0.3, -0.25) is 4.79 Å². The number of rotatable bonds is 5. The number of phenols is 1. The highest BCUT2D eigenvalue weighted by Gasteiger charge is 2.16. The molecule has 26 heavy (non-hydrogen) atoms. The predicted molar refractivity (Wildman–Crippen MR) is 95.7 cm³/mol. The summed E-state index contributed by atoms with van der Waals surface area (Å²) in [5.74, 6) is 1.09. The van der Waals surface area contributed by atoms with Crippen molar-refractivity contribution in [3.05, 3.63) is 66.1 Å². The van der Waals surface area contributed by atoms with Crippen molar-refractivity contribution >= 4 is 17.1 Å². The largest absolute Gasteiger partial charge is 0.508 e. The van der Waals surface area contributed by atoms with Crippen molar-refractivity contribution in [2.75, 3.05) is 6.54 Å². The molecule has 7 heteroatoms. The molecule has 0 spiro atoms. The number of aromatic hydroxyl groups is 1. The number of aromatic amines is 1. The first-order valence-corrected chi connectivity index (χ1v) is 8.16. The zero-order valence-electron chi connectivity index (χ0n) is 13.8. The Balaban J connectivity index is 1.52. The summed E-state index contributed by atoms with van der Waals surface area (Å²) in [5.41, 5.74) is 2.25. The number of imidazole rings is 1. The Morgan fingerprint density at radius 1 is 1.19 bits per heavy atom. The van der Waals surface area contributed by atoms with Gasteiger partial charge in [0.2, 0.25) is 0 Å². The first-order chi connectivity index (χ1) is 12.7. The summed E-state index contributed by atoms with van der Waals surface area (Å²) in [7, 11) is 0. The zero-order valence-corrected chi connectivity index (χ0v) is 13.8. The molecule has 0 bridgehead atoms. The van der Waals surface area contributed by atoms with E-state index in [9.17, 15) is 9.90 Å². The van der Waals surface area contributed by atoms with Crippen LogP contribution in [0.1, 0.15) is 15.9 Å². The molecule has 3 aromatic heterocycles. The highest BCUT2D eigenvalue weighted by Crippen LogP contribution is 2.22. The molecule has 4 rings (SSSR count). The topological polar surface area (TPSA) is 104 Å². The number of carbonyl (C=O) groups excluding carboxylic acids is 1. The second-order valence-electron chi connectivity index (χ2n) is 5.75. The number of carbonyl (C=O) groups is 1. The highest BCUT2D eigenvalue weighted by atomic mass is 16.3. The Labute approximate surface area is 148 Å². The molecule has 0 saturated carbocycles. The summed E-state index contributed by atoms with van der Waals surface area (Å²) in [6, 6.07) is 12.3. The van der Waals surface area contributed by atoms with Crippen LogP contribution in [0, 0.1) is 0 Å². The van der Waals surface area contributed by atoms with Crippen molar-refractivity contribution in [1.82, 2.24) is 20.3 Å². The first-order valence-electron chi connectivity index (χ1n) is 8.16. The van der Waals surface area contributed by atoms with E-state index < -0.39 is 0 Å². The van der Waals surface area contributed by atoms with Crippen molar-refractivity contribution in [1.29, 1.82) is 0 Å². The second-order valence-corrected chi connectivity index (χ2v) is 5.75. The van der Waals surface area contributed by atoms with Gasteiger partial charge in [0.15, 0.2) is 17.2 Å². The van der Waals surface area contributed by atoms with E-state index in [4.69, 9.17) is 4.42 Å². The Hall–Kier alpha value is -3.61. The number of phenolic OH excluding ortho intramolecular Hbond substituents is 1. The lowest BCUT2D eigenvalue weighted by Crippen LogP contribution is -2.26. The molecule has 7 nitrogen and oxygen atoms in total. The highest BCUT2D eigenvalue weighted by molar-refractivity contribution is 6.04. The molecule has 0 atom stereocenters. The van der Waals surface area contributed by atoms with E-state index in [1.807, 2.05) is 12.1 Å². The minimum Gasteiger partial charge on any atom is -0.508 e. The fourth-order valence-electron chi connectivity index (χ4n) is 2.76. The smallest absolute Gasteiger partial charge is 0.253 e. The van der Waals surface area contributed by atoms with Crippen LogP contribution in [0.25, 0.3) is 22.7 Å². The molecule has 130 valence electrons. The lowest BCUT2D eigenvalue weighted by molar-refractivity contribution is 0.0955. The van der Waals surface area contributed by atoms with Crippen molar-refractivity contribution in [2.45, 2.75) is 6.42 Å². The number of H-pyrrole nitrogens is 1. The average Bonchev–Trinajstić information content (AvgIpc) is 3.32. The lowest BCUT2D eigenvalue weighted by Gasteiger charge is -2.07. The zero-order chi connectivity index (χ0) is 17.9. The third-order valence-corrected chi connectivity index (χ3v) is 4.06. The van der Waals surface area contributed by atoms with Gasteiger partial charge in [-0.15, -0.1) is 0 Å². The number of fused-ring (bicyclic) bond motifs is 1. The van der Waals surface area contributed by atoms with Crippen LogP contribution in [0.4, 0.5) is 0 Å². The molecule has 3 N–H and O–H groups in total. The van der Waals surface area contributed by atoms with Crippen LogP contribution in [0.2, 0.25) is 0 Å². The number of amides is 1. The molecule has 1 aromatic carbocycles. The summed E-state index contributed by atoms with van der Waals surface area (Å²) >= 11 is 0. The molecule has 0 saturated heterocycles. The number of nitrogens with zero attached hydrogens (tertiary/aromatic N) is 2. The maximum atomic E-state index is 12.6. The van der Waals surface area contributed by atoms with E-state index in [0.29, 0.717) is 41.3 Å². The Bertz CT molecular complexity index is 1050. The maximum absolute atomic E-state index is 12.6. The average molecular weight is 348 g/mol. The molecule has 0 aliphatic heterocycles. The summed E-state index contributed by atoms with van der Waals surface area (Å²) in [6.45, 7) is 0.402. The molecule has 0 fully saturated rings. The van der Waals surface area contributed by atoms with Crippen LogP contribution in [-0.4, -0.2) is 32.5 Å². The Kier molecular flexibility index (Phi) is 4.10. The number of benzene rings is 1. The Morgan fingerprint density at radius 3 is 2.88 bits per heavy atom. The van der Waals surface area contributed by atoms with Crippen LogP contribution >= 0.6 is 0 Å². The summed E-state index contributed by atoms with van der Waals surface area (Å²) in [5, 5.41) is 12.6. The predicted octanol–water partition coefficient (Wildman–Crippen LogP) is 2.90. The maximum Gasteiger partial charge on any atom is 0.253 e. The normalized spacial score (nSPS) is 10.9. The van der Waals surface area contributed by atoms with E-state index in [1.165, 1.54) is 0 Å². The third kappa shape index (κ3) is 3.02. The lowest BCUT2D eigenvalue weighted by atomic mass is 10.1. The van der Waals surface area contributed by atoms with Gasteiger partial charge in [-0.1, -0.05) is 18.2 Å². The molecular formula is C19H16N4O3. The fourth-order valence-corrected chi connectivity index (χ4v) is 2.76. The molecule has 0 unspecified atom stereocenters. The van der Waals surface area contributed by atoms with Crippen LogP contribution in [0.3, 0.4) is 0 Å². The van der Waals surface area contributed by atoms with Crippen molar-refractivity contribution < 1.29 is 14.3 Å². The molecule has 4 aromatic rings. The van der Waals surface area contributed by atoms with Gasteiger partial charge in [0.25, 0.3) is 5.91 Å². The van der Waals surface area contributed by atoms with E-state index in [1.54, 1.807) is 42.8 Å². The number of hydrogen-bond acceptors (Lipinski definition) is 5. The van der Waals surface area contributed by atoms with Gasteiger partial charge in [-0.05, 0) is 36.2 Å². The molecular weight excluding hydrogens is 332 g/mol. The minimum absolute atomic E-state index is 0.227. The minimum atomic E-state index is -0.234. The third-order valence-electron chi connectivity index (χ3n) is 4.06. The van der Waals surface area contributed by atoms with Crippen LogP contribution in [0.5, 0.6) is 5.75 Å². The van der Waals surface area contributed by atoms with E-state index in [2.05, 4.69) is 20.3 Å². The van der Waals surface area contributed by atoms with Gasteiger partial charge in [0.1, 0.15) is 5.75 Å². The molecule has 0 radical (unpaired) electrons. The quantitative estimate of drug-likeness (QED) is 0.514. The number of aromatic nitrogens is 3. The monoisotopic (exact) mass is 348 g/mol. The van der Waals surface area contributed by atoms with E-state index >= 15 is 0 Å². The fraction of sp³-hybridized carbons (Fsp3) is 0.105. The van der Waals surface area contributed by atoms with Gasteiger partial charge in [-0.2, -0.15) is 0 Å². The standard InChI is InChI=1S/C19H16N4O3/c24-14-5-2-1-4-12(14)7-9-21-19(25)13-8-10-20-18-16(13)22-17(23-18)15-6-3-11-26-15/h1-6,8,10-11,24H,7,9H2,(H,21,25)(H,20,22,23). The summed E-state index contributed by atoms with van der Waals surface area (Å²) in [6.07, 6.45) is 3.64.